The fourth-order valence-corrected chi connectivity index (χ4v) is 1.86. The number of nitrogens with zero attached hydrogens (tertiary/aromatic N) is 1. The first-order valence-electron chi connectivity index (χ1n) is 7.60. The summed E-state index contributed by atoms with van der Waals surface area (Å²) in [7, 11) is 0. The van der Waals surface area contributed by atoms with Crippen LogP contribution in [0.4, 0.5) is 10.5 Å². The van der Waals surface area contributed by atoms with Crippen molar-refractivity contribution in [2.24, 2.45) is 0 Å². The van der Waals surface area contributed by atoms with E-state index in [1.807, 2.05) is 0 Å². The van der Waals surface area contributed by atoms with E-state index in [0.29, 0.717) is 25.1 Å². The number of nitro groups is 1. The lowest BCUT2D eigenvalue weighted by atomic mass is 10.1. The highest BCUT2D eigenvalue weighted by molar-refractivity contribution is 5.96. The van der Waals surface area contributed by atoms with Gasteiger partial charge in [0.15, 0.2) is 0 Å². The molecule has 132 valence electrons. The minimum atomic E-state index is -0.558. The van der Waals surface area contributed by atoms with Crippen LogP contribution in [0.2, 0.25) is 0 Å². The molecule has 0 aliphatic carbocycles. The quantitative estimate of drug-likeness (QED) is 0.471. The standard InChI is InChI=1S/C16H23N3O5/c1-11-6-7-12(19(22)23)10-13(11)14(20)17-8-5-9-18-15(21)24-16(2,3)4/h6-7,10H,5,8-9H2,1-4H3,(H,17,20)(H,18,21). The number of carbonyl (C=O) groups is 2. The number of aryl methyl sites for hydroxylation is 1. The maximum Gasteiger partial charge on any atom is 0.407 e. The summed E-state index contributed by atoms with van der Waals surface area (Å²) in [6, 6.07) is 4.15. The molecule has 0 spiro atoms. The van der Waals surface area contributed by atoms with E-state index in [1.165, 1.54) is 18.2 Å². The predicted octanol–water partition coefficient (Wildman–Crippen LogP) is 2.55. The Bertz CT molecular complexity index is 623. The van der Waals surface area contributed by atoms with E-state index in [0.717, 1.165) is 0 Å². The zero-order valence-electron chi connectivity index (χ0n) is 14.3. The van der Waals surface area contributed by atoms with Gasteiger partial charge in [0, 0.05) is 30.8 Å². The lowest BCUT2D eigenvalue weighted by Gasteiger charge is -2.19. The van der Waals surface area contributed by atoms with Gasteiger partial charge in [0.05, 0.1) is 4.92 Å². The number of rotatable bonds is 6. The summed E-state index contributed by atoms with van der Waals surface area (Å²) in [5, 5.41) is 16.0. The average molecular weight is 337 g/mol. The average Bonchev–Trinajstić information content (AvgIpc) is 2.44. The molecule has 1 aromatic rings. The van der Waals surface area contributed by atoms with E-state index in [9.17, 15) is 19.7 Å². The summed E-state index contributed by atoms with van der Waals surface area (Å²) in [5.74, 6) is -0.381. The summed E-state index contributed by atoms with van der Waals surface area (Å²) in [5.41, 5.74) is 0.240. The van der Waals surface area contributed by atoms with Gasteiger partial charge in [-0.05, 0) is 39.7 Å². The minimum absolute atomic E-state index is 0.127. The summed E-state index contributed by atoms with van der Waals surface area (Å²) >= 11 is 0. The summed E-state index contributed by atoms with van der Waals surface area (Å²) < 4.78 is 5.08. The molecule has 0 bridgehead atoms. The van der Waals surface area contributed by atoms with Gasteiger partial charge in [-0.25, -0.2) is 4.79 Å². The molecule has 0 heterocycles. The van der Waals surface area contributed by atoms with Crippen LogP contribution in [0.1, 0.15) is 43.1 Å². The Morgan fingerprint density at radius 2 is 1.83 bits per heavy atom. The fourth-order valence-electron chi connectivity index (χ4n) is 1.86. The zero-order valence-corrected chi connectivity index (χ0v) is 14.3. The van der Waals surface area contributed by atoms with Crippen LogP contribution >= 0.6 is 0 Å². The van der Waals surface area contributed by atoms with Crippen molar-refractivity contribution in [3.8, 4) is 0 Å². The lowest BCUT2D eigenvalue weighted by molar-refractivity contribution is -0.384. The Balaban J connectivity index is 2.41. The normalized spacial score (nSPS) is 10.8. The maximum atomic E-state index is 12.1. The molecule has 1 aromatic carbocycles. The summed E-state index contributed by atoms with van der Waals surface area (Å²) in [6.07, 6.45) is 0.00207. The summed E-state index contributed by atoms with van der Waals surface area (Å²) in [6.45, 7) is 7.71. The monoisotopic (exact) mass is 337 g/mol. The van der Waals surface area contributed by atoms with E-state index >= 15 is 0 Å². The zero-order chi connectivity index (χ0) is 18.3. The molecule has 2 N–H and O–H groups in total. The lowest BCUT2D eigenvalue weighted by Crippen LogP contribution is -2.34. The third kappa shape index (κ3) is 6.64. The van der Waals surface area contributed by atoms with Crippen LogP contribution in [0.5, 0.6) is 0 Å². The molecule has 2 amide bonds. The van der Waals surface area contributed by atoms with Crippen molar-refractivity contribution in [2.75, 3.05) is 13.1 Å². The number of non-ortho nitro benzene ring substituents is 1. The second-order valence-electron chi connectivity index (χ2n) is 6.29. The fraction of sp³-hybridized carbons (Fsp3) is 0.500. The van der Waals surface area contributed by atoms with Gasteiger partial charge in [0.25, 0.3) is 11.6 Å². The van der Waals surface area contributed by atoms with Crippen LogP contribution in [0.3, 0.4) is 0 Å². The Hall–Kier alpha value is -2.64. The molecule has 0 saturated carbocycles. The number of nitro benzene ring substituents is 1. The highest BCUT2D eigenvalue weighted by Crippen LogP contribution is 2.17. The molecule has 0 aromatic heterocycles. The Morgan fingerprint density at radius 1 is 1.21 bits per heavy atom. The molecule has 24 heavy (non-hydrogen) atoms. The molecule has 8 nitrogen and oxygen atoms in total. The van der Waals surface area contributed by atoms with Gasteiger partial charge in [-0.15, -0.1) is 0 Å². The van der Waals surface area contributed by atoms with Crippen LogP contribution in [0, 0.1) is 17.0 Å². The summed E-state index contributed by atoms with van der Waals surface area (Å²) in [4.78, 5) is 33.7. The SMILES string of the molecule is Cc1ccc([N+](=O)[O-])cc1C(=O)NCCCNC(=O)OC(C)(C)C. The number of ether oxygens (including phenoxy) is 1. The third-order valence-corrected chi connectivity index (χ3v) is 2.98. The number of amides is 2. The van der Waals surface area contributed by atoms with Gasteiger partial charge >= 0.3 is 6.09 Å². The molecule has 0 saturated heterocycles. The number of nitrogens with one attached hydrogen (secondary N) is 2. The Morgan fingerprint density at radius 3 is 2.42 bits per heavy atom. The smallest absolute Gasteiger partial charge is 0.407 e. The van der Waals surface area contributed by atoms with E-state index in [4.69, 9.17) is 4.74 Å². The largest absolute Gasteiger partial charge is 0.444 e. The first-order valence-corrected chi connectivity index (χ1v) is 7.60. The second kappa shape index (κ2) is 8.28. The number of hydrogen-bond donors (Lipinski definition) is 2. The van der Waals surface area contributed by atoms with Crippen molar-refractivity contribution in [3.63, 3.8) is 0 Å². The van der Waals surface area contributed by atoms with Gasteiger partial charge in [-0.3, -0.25) is 14.9 Å². The van der Waals surface area contributed by atoms with Crippen LogP contribution < -0.4 is 10.6 Å². The minimum Gasteiger partial charge on any atom is -0.444 e. The first-order chi connectivity index (χ1) is 11.1. The molecule has 0 aliphatic heterocycles. The van der Waals surface area contributed by atoms with Crippen molar-refractivity contribution >= 4 is 17.7 Å². The maximum absolute atomic E-state index is 12.1. The predicted molar refractivity (Wildman–Crippen MR) is 89.0 cm³/mol. The molecular weight excluding hydrogens is 314 g/mol. The van der Waals surface area contributed by atoms with Crippen molar-refractivity contribution in [3.05, 3.63) is 39.4 Å². The molecule has 0 atom stereocenters. The van der Waals surface area contributed by atoms with E-state index in [-0.39, 0.29) is 17.2 Å². The van der Waals surface area contributed by atoms with Gasteiger partial charge in [-0.1, -0.05) is 6.07 Å². The molecule has 0 unspecified atom stereocenters. The highest BCUT2D eigenvalue weighted by Gasteiger charge is 2.16. The van der Waals surface area contributed by atoms with Crippen LogP contribution in [0.15, 0.2) is 18.2 Å². The highest BCUT2D eigenvalue weighted by atomic mass is 16.6. The van der Waals surface area contributed by atoms with Crippen LogP contribution in [-0.4, -0.2) is 35.6 Å². The molecule has 0 radical (unpaired) electrons. The molecule has 0 fully saturated rings. The van der Waals surface area contributed by atoms with E-state index in [2.05, 4.69) is 10.6 Å². The van der Waals surface area contributed by atoms with Gasteiger partial charge in [0.2, 0.25) is 0 Å². The first kappa shape index (κ1) is 19.4. The van der Waals surface area contributed by atoms with Gasteiger partial charge < -0.3 is 15.4 Å². The van der Waals surface area contributed by atoms with Crippen molar-refractivity contribution in [2.45, 2.75) is 39.7 Å². The topological polar surface area (TPSA) is 111 Å². The molecule has 8 heteroatoms. The Labute approximate surface area is 140 Å². The van der Waals surface area contributed by atoms with Gasteiger partial charge in [-0.2, -0.15) is 0 Å². The second-order valence-corrected chi connectivity index (χ2v) is 6.29. The van der Waals surface area contributed by atoms with E-state index < -0.39 is 16.6 Å². The van der Waals surface area contributed by atoms with Crippen molar-refractivity contribution in [1.82, 2.24) is 10.6 Å². The number of carbonyl (C=O) groups excluding carboxylic acids is 2. The van der Waals surface area contributed by atoms with E-state index in [1.54, 1.807) is 27.7 Å². The van der Waals surface area contributed by atoms with Crippen molar-refractivity contribution < 1.29 is 19.2 Å². The molecular formula is C16H23N3O5. The number of benzene rings is 1. The van der Waals surface area contributed by atoms with Crippen LogP contribution in [0.25, 0.3) is 0 Å². The third-order valence-electron chi connectivity index (χ3n) is 2.98. The molecule has 0 aliphatic rings. The number of hydrogen-bond acceptors (Lipinski definition) is 5. The van der Waals surface area contributed by atoms with Crippen LogP contribution in [-0.2, 0) is 4.74 Å². The Kier molecular flexibility index (Phi) is 6.69. The number of alkyl carbamates (subject to hydrolysis) is 1. The van der Waals surface area contributed by atoms with Gasteiger partial charge in [0.1, 0.15) is 5.60 Å². The molecule has 1 rings (SSSR count). The van der Waals surface area contributed by atoms with Crippen molar-refractivity contribution in [1.29, 1.82) is 0 Å².